The van der Waals surface area contributed by atoms with Gasteiger partial charge in [0.2, 0.25) is 11.8 Å². The summed E-state index contributed by atoms with van der Waals surface area (Å²) >= 11 is 0. The lowest BCUT2D eigenvalue weighted by molar-refractivity contribution is 0.363. The number of anilines is 1. The maximum atomic E-state index is 9.40. The first-order valence-electron chi connectivity index (χ1n) is 5.69. The van der Waals surface area contributed by atoms with Gasteiger partial charge in [-0.25, -0.2) is 9.97 Å². The highest BCUT2D eigenvalue weighted by Crippen LogP contribution is 2.25. The molecule has 0 atom stereocenters. The van der Waals surface area contributed by atoms with Crippen molar-refractivity contribution in [3.63, 3.8) is 0 Å². The van der Waals surface area contributed by atoms with Crippen molar-refractivity contribution >= 4 is 5.69 Å². The number of methoxy groups -OCH3 is 2. The molecule has 0 radical (unpaired) electrons. The molecule has 1 aromatic heterocycles. The van der Waals surface area contributed by atoms with Gasteiger partial charge in [-0.3, -0.25) is 0 Å². The first-order chi connectivity index (χ1) is 9.24. The molecule has 0 saturated heterocycles. The molecule has 6 nitrogen and oxygen atoms in total. The number of phenolic OH excluding ortho intramolecular Hbond substituents is 1. The van der Waals surface area contributed by atoms with Gasteiger partial charge in [-0.05, 0) is 12.1 Å². The molecule has 0 aliphatic carbocycles. The summed E-state index contributed by atoms with van der Waals surface area (Å²) in [4.78, 5) is 8.07. The average Bonchev–Trinajstić information content (AvgIpc) is 2.44. The average molecular weight is 261 g/mol. The zero-order valence-corrected chi connectivity index (χ0v) is 10.8. The van der Waals surface area contributed by atoms with Crippen molar-refractivity contribution in [2.75, 3.05) is 19.5 Å². The van der Waals surface area contributed by atoms with Crippen LogP contribution in [0.2, 0.25) is 0 Å². The lowest BCUT2D eigenvalue weighted by Crippen LogP contribution is -2.06. The van der Waals surface area contributed by atoms with Gasteiger partial charge >= 0.3 is 0 Å². The van der Waals surface area contributed by atoms with Gasteiger partial charge < -0.3 is 19.9 Å². The van der Waals surface area contributed by atoms with E-state index in [-0.39, 0.29) is 5.75 Å². The predicted molar refractivity (Wildman–Crippen MR) is 70.6 cm³/mol. The molecule has 2 rings (SSSR count). The third kappa shape index (κ3) is 3.04. The number of ether oxygens (including phenoxy) is 2. The molecule has 1 aromatic carbocycles. The second-order valence-corrected chi connectivity index (χ2v) is 3.77. The molecule has 0 saturated carbocycles. The Morgan fingerprint density at radius 2 is 1.84 bits per heavy atom. The summed E-state index contributed by atoms with van der Waals surface area (Å²) in [6.45, 7) is 0.427. The predicted octanol–water partition coefficient (Wildman–Crippen LogP) is 1.81. The Hall–Kier alpha value is -2.50. The maximum absolute atomic E-state index is 9.40. The highest BCUT2D eigenvalue weighted by atomic mass is 16.5. The highest BCUT2D eigenvalue weighted by Gasteiger charge is 2.12. The van der Waals surface area contributed by atoms with Crippen LogP contribution in [0.1, 0.15) is 5.56 Å². The van der Waals surface area contributed by atoms with Crippen LogP contribution in [-0.4, -0.2) is 29.3 Å². The Morgan fingerprint density at radius 3 is 2.42 bits per heavy atom. The molecular weight excluding hydrogens is 246 g/mol. The fourth-order valence-electron chi connectivity index (χ4n) is 1.69. The number of benzene rings is 1. The van der Waals surface area contributed by atoms with Crippen molar-refractivity contribution in [3.8, 4) is 17.5 Å². The van der Waals surface area contributed by atoms with Gasteiger partial charge in [-0.15, -0.1) is 0 Å². The van der Waals surface area contributed by atoms with E-state index in [0.717, 1.165) is 11.3 Å². The van der Waals surface area contributed by atoms with Gasteiger partial charge in [-0.1, -0.05) is 6.07 Å². The minimum absolute atomic E-state index is 0.202. The smallest absolute Gasteiger partial charge is 0.225 e. The molecule has 0 bridgehead atoms. The topological polar surface area (TPSA) is 76.5 Å². The number of nitrogens with zero attached hydrogens (tertiary/aromatic N) is 2. The molecule has 2 N–H and O–H groups in total. The Labute approximate surface area is 111 Å². The zero-order chi connectivity index (χ0) is 13.7. The van der Waals surface area contributed by atoms with E-state index in [1.165, 1.54) is 6.33 Å². The van der Waals surface area contributed by atoms with Gasteiger partial charge in [0.05, 0.1) is 26.3 Å². The van der Waals surface area contributed by atoms with Gasteiger partial charge in [0.25, 0.3) is 0 Å². The van der Waals surface area contributed by atoms with Crippen molar-refractivity contribution in [1.29, 1.82) is 0 Å². The minimum Gasteiger partial charge on any atom is -0.508 e. The molecule has 0 aliphatic heterocycles. The lowest BCUT2D eigenvalue weighted by atomic mass is 10.2. The monoisotopic (exact) mass is 261 g/mol. The first kappa shape index (κ1) is 12.9. The normalized spacial score (nSPS) is 10.0. The second kappa shape index (κ2) is 5.90. The van der Waals surface area contributed by atoms with Crippen molar-refractivity contribution in [2.45, 2.75) is 6.54 Å². The van der Waals surface area contributed by atoms with Crippen LogP contribution in [0.3, 0.4) is 0 Å². The molecule has 1 heterocycles. The Balaban J connectivity index is 2.19. The maximum Gasteiger partial charge on any atom is 0.225 e. The van der Waals surface area contributed by atoms with Crippen molar-refractivity contribution in [1.82, 2.24) is 9.97 Å². The molecule has 100 valence electrons. The Bertz CT molecular complexity index is 538. The summed E-state index contributed by atoms with van der Waals surface area (Å²) in [5.74, 6) is 1.12. The summed E-state index contributed by atoms with van der Waals surface area (Å²) in [5.41, 5.74) is 1.50. The number of aromatic hydroxyl groups is 1. The van der Waals surface area contributed by atoms with Crippen LogP contribution >= 0.6 is 0 Å². The van der Waals surface area contributed by atoms with Crippen molar-refractivity contribution in [2.24, 2.45) is 0 Å². The molecule has 0 spiro atoms. The van der Waals surface area contributed by atoms with Gasteiger partial charge in [0.15, 0.2) is 0 Å². The number of rotatable bonds is 5. The fraction of sp³-hybridized carbons (Fsp3) is 0.231. The van der Waals surface area contributed by atoms with Gasteiger partial charge in [0, 0.05) is 11.8 Å². The van der Waals surface area contributed by atoms with Crippen LogP contribution in [0, 0.1) is 0 Å². The molecular formula is C13H15N3O3. The van der Waals surface area contributed by atoms with E-state index in [1.54, 1.807) is 32.4 Å². The summed E-state index contributed by atoms with van der Waals surface area (Å²) in [6.07, 6.45) is 1.38. The van der Waals surface area contributed by atoms with E-state index in [9.17, 15) is 5.11 Å². The van der Waals surface area contributed by atoms with Crippen LogP contribution in [0.5, 0.6) is 17.5 Å². The molecule has 19 heavy (non-hydrogen) atoms. The lowest BCUT2D eigenvalue weighted by Gasteiger charge is -2.12. The molecule has 2 aromatic rings. The number of nitrogens with one attached hydrogen (secondary N) is 1. The molecule has 6 heteroatoms. The Kier molecular flexibility index (Phi) is 4.02. The number of hydrogen-bond donors (Lipinski definition) is 2. The van der Waals surface area contributed by atoms with Crippen LogP contribution in [-0.2, 0) is 6.54 Å². The first-order valence-corrected chi connectivity index (χ1v) is 5.69. The Morgan fingerprint density at radius 1 is 1.16 bits per heavy atom. The number of aromatic nitrogens is 2. The molecule has 0 fully saturated rings. The third-order valence-corrected chi connectivity index (χ3v) is 2.57. The van der Waals surface area contributed by atoms with Gasteiger partial charge in [-0.2, -0.15) is 0 Å². The van der Waals surface area contributed by atoms with E-state index in [4.69, 9.17) is 9.47 Å². The summed E-state index contributed by atoms with van der Waals surface area (Å²) in [5, 5.41) is 12.5. The molecule has 0 amide bonds. The summed E-state index contributed by atoms with van der Waals surface area (Å²) in [7, 11) is 3.08. The second-order valence-electron chi connectivity index (χ2n) is 3.77. The molecule has 0 unspecified atom stereocenters. The summed E-state index contributed by atoms with van der Waals surface area (Å²) in [6, 6.07) is 6.84. The number of hydrogen-bond acceptors (Lipinski definition) is 6. The number of phenols is 1. The van der Waals surface area contributed by atoms with Crippen LogP contribution in [0.15, 0.2) is 30.6 Å². The highest BCUT2D eigenvalue weighted by molar-refractivity contribution is 5.49. The van der Waals surface area contributed by atoms with E-state index in [1.807, 2.05) is 6.07 Å². The van der Waals surface area contributed by atoms with Crippen molar-refractivity contribution in [3.05, 3.63) is 36.2 Å². The fourth-order valence-corrected chi connectivity index (χ4v) is 1.69. The standard InChI is InChI=1S/C13H15N3O3/c1-18-12-11(13(19-2)16-8-15-12)7-14-9-4-3-5-10(17)6-9/h3-6,8,14,17H,7H2,1-2H3. The van der Waals surface area contributed by atoms with Gasteiger partial charge in [0.1, 0.15) is 12.1 Å². The van der Waals surface area contributed by atoms with E-state index >= 15 is 0 Å². The van der Waals surface area contributed by atoms with Crippen molar-refractivity contribution < 1.29 is 14.6 Å². The quantitative estimate of drug-likeness (QED) is 0.854. The van der Waals surface area contributed by atoms with Crippen LogP contribution in [0.4, 0.5) is 5.69 Å². The van der Waals surface area contributed by atoms with E-state index in [0.29, 0.717) is 18.3 Å². The van der Waals surface area contributed by atoms with E-state index < -0.39 is 0 Å². The van der Waals surface area contributed by atoms with E-state index in [2.05, 4.69) is 15.3 Å². The summed E-state index contributed by atoms with van der Waals surface area (Å²) < 4.78 is 10.4. The minimum atomic E-state index is 0.202. The SMILES string of the molecule is COc1ncnc(OC)c1CNc1cccc(O)c1. The zero-order valence-electron chi connectivity index (χ0n) is 10.8. The van der Waals surface area contributed by atoms with Crippen LogP contribution < -0.4 is 14.8 Å². The van der Waals surface area contributed by atoms with Crippen LogP contribution in [0.25, 0.3) is 0 Å². The largest absolute Gasteiger partial charge is 0.508 e. The third-order valence-electron chi connectivity index (χ3n) is 2.57. The molecule has 0 aliphatic rings.